The van der Waals surface area contributed by atoms with Crippen molar-refractivity contribution in [2.45, 2.75) is 39.4 Å². The highest BCUT2D eigenvalue weighted by molar-refractivity contribution is 5.72. The van der Waals surface area contributed by atoms with Crippen LogP contribution in [0.1, 0.15) is 33.1 Å². The van der Waals surface area contributed by atoms with Gasteiger partial charge in [-0.25, -0.2) is 4.79 Å². The molecule has 0 atom stereocenters. The molecule has 9 nitrogen and oxygen atoms in total. The Hall–Kier alpha value is -3.10. The second-order valence-corrected chi connectivity index (χ2v) is 6.55. The van der Waals surface area contributed by atoms with Crippen LogP contribution in [0.4, 0.5) is 4.79 Å². The molecule has 9 heteroatoms. The fourth-order valence-corrected chi connectivity index (χ4v) is 2.05. The number of esters is 1. The fourth-order valence-electron chi connectivity index (χ4n) is 2.05. The summed E-state index contributed by atoms with van der Waals surface area (Å²) >= 11 is 0. The first kappa shape index (κ1) is 20.2. The van der Waals surface area contributed by atoms with Gasteiger partial charge in [-0.2, -0.15) is 4.98 Å². The van der Waals surface area contributed by atoms with E-state index in [0.29, 0.717) is 17.1 Å². The van der Waals surface area contributed by atoms with Crippen LogP contribution in [0.2, 0.25) is 0 Å². The molecule has 0 bridgehead atoms. The van der Waals surface area contributed by atoms with Crippen molar-refractivity contribution >= 4 is 12.1 Å². The zero-order chi connectivity index (χ0) is 19.9. The van der Waals surface area contributed by atoms with Gasteiger partial charge in [0.1, 0.15) is 11.4 Å². The summed E-state index contributed by atoms with van der Waals surface area (Å²) in [4.78, 5) is 27.4. The van der Waals surface area contributed by atoms with E-state index in [1.54, 1.807) is 40.0 Å². The molecule has 0 unspecified atom stereocenters. The molecule has 1 aromatic heterocycles. The molecule has 1 amide bonds. The van der Waals surface area contributed by atoms with Gasteiger partial charge < -0.3 is 24.1 Å². The molecule has 0 aliphatic carbocycles. The van der Waals surface area contributed by atoms with Gasteiger partial charge in [-0.15, -0.1) is 0 Å². The Morgan fingerprint density at radius 3 is 2.67 bits per heavy atom. The number of methoxy groups -OCH3 is 1. The maximum atomic E-state index is 11.7. The highest BCUT2D eigenvalue weighted by atomic mass is 16.6. The van der Waals surface area contributed by atoms with Crippen molar-refractivity contribution in [3.8, 4) is 17.1 Å². The summed E-state index contributed by atoms with van der Waals surface area (Å²) in [6, 6.07) is 7.23. The predicted molar refractivity (Wildman–Crippen MR) is 94.9 cm³/mol. The molecule has 0 radical (unpaired) electrons. The number of hydrogen-bond acceptors (Lipinski definition) is 8. The highest BCUT2D eigenvalue weighted by Crippen LogP contribution is 2.27. The molecular formula is C18H23N3O6. The van der Waals surface area contributed by atoms with Crippen molar-refractivity contribution in [1.29, 1.82) is 0 Å². The standard InChI is InChI=1S/C18H23N3O6/c1-18(2,3)26-17(23)19-10-9-15(22)25-11-14-20-16(21-27-14)12-7-5-6-8-13(12)24-4/h5-8H,9-11H2,1-4H3,(H,19,23). The molecule has 0 fully saturated rings. The molecule has 1 heterocycles. The van der Waals surface area contributed by atoms with Gasteiger partial charge in [0, 0.05) is 6.54 Å². The van der Waals surface area contributed by atoms with Crippen LogP contribution in [-0.4, -0.2) is 41.5 Å². The number of nitrogens with zero attached hydrogens (tertiary/aromatic N) is 2. The van der Waals surface area contributed by atoms with Crippen LogP contribution in [-0.2, 0) is 20.9 Å². The highest BCUT2D eigenvalue weighted by Gasteiger charge is 2.17. The Balaban J connectivity index is 1.78. The van der Waals surface area contributed by atoms with Gasteiger partial charge in [0.15, 0.2) is 6.61 Å². The van der Waals surface area contributed by atoms with Crippen molar-refractivity contribution in [3.63, 3.8) is 0 Å². The van der Waals surface area contributed by atoms with Gasteiger partial charge in [-0.1, -0.05) is 17.3 Å². The normalized spacial score (nSPS) is 11.0. The maximum Gasteiger partial charge on any atom is 0.407 e. The van der Waals surface area contributed by atoms with Crippen LogP contribution < -0.4 is 10.1 Å². The molecule has 0 saturated heterocycles. The summed E-state index contributed by atoms with van der Waals surface area (Å²) in [5, 5.41) is 6.34. The Kier molecular flexibility index (Phi) is 6.75. The quantitative estimate of drug-likeness (QED) is 0.733. The average Bonchev–Trinajstić information content (AvgIpc) is 3.07. The number of hydrogen-bond donors (Lipinski definition) is 1. The van der Waals surface area contributed by atoms with E-state index in [-0.39, 0.29) is 25.5 Å². The number of carbonyl (C=O) groups excluding carboxylic acids is 2. The summed E-state index contributed by atoms with van der Waals surface area (Å²) in [7, 11) is 1.55. The first-order chi connectivity index (χ1) is 12.8. The van der Waals surface area contributed by atoms with Crippen LogP contribution in [0.5, 0.6) is 5.75 Å². The first-order valence-electron chi connectivity index (χ1n) is 8.37. The molecule has 2 rings (SSSR count). The van der Waals surface area contributed by atoms with Gasteiger partial charge in [-0.05, 0) is 32.9 Å². The summed E-state index contributed by atoms with van der Waals surface area (Å²) in [5.41, 5.74) is 0.0738. The van der Waals surface area contributed by atoms with E-state index in [9.17, 15) is 9.59 Å². The van der Waals surface area contributed by atoms with Crippen molar-refractivity contribution < 1.29 is 28.3 Å². The minimum Gasteiger partial charge on any atom is -0.496 e. The Labute approximate surface area is 157 Å². The number of nitrogens with one attached hydrogen (secondary N) is 1. The number of benzene rings is 1. The molecule has 2 aromatic rings. The zero-order valence-corrected chi connectivity index (χ0v) is 15.8. The number of para-hydroxylation sites is 1. The van der Waals surface area contributed by atoms with Gasteiger partial charge in [0.25, 0.3) is 5.89 Å². The maximum absolute atomic E-state index is 11.7. The molecule has 0 saturated carbocycles. The summed E-state index contributed by atoms with van der Waals surface area (Å²) in [5.74, 6) is 0.590. The van der Waals surface area contributed by atoms with Crippen molar-refractivity contribution in [2.24, 2.45) is 0 Å². The first-order valence-corrected chi connectivity index (χ1v) is 8.37. The molecule has 146 valence electrons. The van der Waals surface area contributed by atoms with E-state index >= 15 is 0 Å². The third kappa shape index (κ3) is 6.61. The van der Waals surface area contributed by atoms with E-state index in [1.165, 1.54) is 0 Å². The molecule has 0 aliphatic rings. The second kappa shape index (κ2) is 9.02. The van der Waals surface area contributed by atoms with Gasteiger partial charge in [0.05, 0.1) is 19.1 Å². The molecule has 0 aliphatic heterocycles. The van der Waals surface area contributed by atoms with E-state index in [1.807, 2.05) is 12.1 Å². The third-order valence-corrected chi connectivity index (χ3v) is 3.17. The van der Waals surface area contributed by atoms with Crippen LogP contribution >= 0.6 is 0 Å². The number of ether oxygens (including phenoxy) is 3. The van der Waals surface area contributed by atoms with E-state index in [2.05, 4.69) is 15.5 Å². The number of aromatic nitrogens is 2. The minimum atomic E-state index is -0.596. The van der Waals surface area contributed by atoms with Gasteiger partial charge in [-0.3, -0.25) is 4.79 Å². The molecule has 0 spiro atoms. The minimum absolute atomic E-state index is 0.00720. The number of rotatable bonds is 7. The van der Waals surface area contributed by atoms with Crippen LogP contribution in [0.15, 0.2) is 28.8 Å². The molecular weight excluding hydrogens is 354 g/mol. The van der Waals surface area contributed by atoms with Gasteiger partial charge >= 0.3 is 12.1 Å². The molecule has 27 heavy (non-hydrogen) atoms. The summed E-state index contributed by atoms with van der Waals surface area (Å²) in [6.07, 6.45) is -0.596. The van der Waals surface area contributed by atoms with E-state index in [4.69, 9.17) is 18.7 Å². The largest absolute Gasteiger partial charge is 0.496 e. The third-order valence-electron chi connectivity index (χ3n) is 3.17. The number of alkyl carbamates (subject to hydrolysis) is 1. The average molecular weight is 377 g/mol. The molecule has 1 aromatic carbocycles. The SMILES string of the molecule is COc1ccccc1-c1noc(COC(=O)CCNC(=O)OC(C)(C)C)n1. The van der Waals surface area contributed by atoms with Crippen LogP contribution in [0.3, 0.4) is 0 Å². The van der Waals surface area contributed by atoms with Crippen molar-refractivity contribution in [3.05, 3.63) is 30.2 Å². The number of amides is 1. The van der Waals surface area contributed by atoms with Crippen LogP contribution in [0.25, 0.3) is 11.4 Å². The predicted octanol–water partition coefficient (Wildman–Crippen LogP) is 2.70. The Morgan fingerprint density at radius 2 is 1.96 bits per heavy atom. The Morgan fingerprint density at radius 1 is 1.22 bits per heavy atom. The lowest BCUT2D eigenvalue weighted by molar-refractivity contribution is -0.145. The number of carbonyl (C=O) groups is 2. The molecule has 1 N–H and O–H groups in total. The fraction of sp³-hybridized carbons (Fsp3) is 0.444. The van der Waals surface area contributed by atoms with Crippen LogP contribution in [0, 0.1) is 0 Å². The van der Waals surface area contributed by atoms with E-state index < -0.39 is 17.7 Å². The van der Waals surface area contributed by atoms with Crippen molar-refractivity contribution in [2.75, 3.05) is 13.7 Å². The zero-order valence-electron chi connectivity index (χ0n) is 15.8. The lowest BCUT2D eigenvalue weighted by Gasteiger charge is -2.19. The second-order valence-electron chi connectivity index (χ2n) is 6.55. The van der Waals surface area contributed by atoms with Gasteiger partial charge in [0.2, 0.25) is 5.82 Å². The monoisotopic (exact) mass is 377 g/mol. The lowest BCUT2D eigenvalue weighted by atomic mass is 10.2. The summed E-state index contributed by atoms with van der Waals surface area (Å²) in [6.45, 7) is 5.21. The van der Waals surface area contributed by atoms with Crippen molar-refractivity contribution in [1.82, 2.24) is 15.5 Å². The topological polar surface area (TPSA) is 113 Å². The smallest absolute Gasteiger partial charge is 0.407 e. The Bertz CT molecular complexity index is 781. The lowest BCUT2D eigenvalue weighted by Crippen LogP contribution is -2.33. The summed E-state index contributed by atoms with van der Waals surface area (Å²) < 4.78 is 20.5. The van der Waals surface area contributed by atoms with E-state index in [0.717, 1.165) is 0 Å².